The molecular weight excluding hydrogens is 530 g/mol. The molecule has 194 valence electrons. The number of hydrogen-bond acceptors (Lipinski definition) is 12. The summed E-state index contributed by atoms with van der Waals surface area (Å²) in [6, 6.07) is 2.12. The number of nitrogen functional groups attached to an aromatic ring is 1. The number of thioether (sulfide) groups is 1. The number of nitrogens with two attached hydrogens (primary N) is 1. The number of thiazole rings is 1. The van der Waals surface area contributed by atoms with Gasteiger partial charge in [-0.05, 0) is 24.6 Å². The first-order chi connectivity index (χ1) is 17.5. The van der Waals surface area contributed by atoms with E-state index in [4.69, 9.17) is 10.6 Å². The van der Waals surface area contributed by atoms with E-state index >= 15 is 0 Å². The van der Waals surface area contributed by atoms with Crippen molar-refractivity contribution in [1.29, 1.82) is 0 Å². The number of nitrogens with one attached hydrogen (secondary N) is 1. The first-order valence-electron chi connectivity index (χ1n) is 10.4. The topological polar surface area (TPSA) is 225 Å². The van der Waals surface area contributed by atoms with E-state index in [1.54, 1.807) is 6.92 Å². The van der Waals surface area contributed by atoms with Gasteiger partial charge in [-0.1, -0.05) is 11.2 Å². The fourth-order valence-corrected chi connectivity index (χ4v) is 5.48. The molecule has 0 aliphatic carbocycles. The maximum atomic E-state index is 13.1. The predicted octanol–water partition coefficient (Wildman–Crippen LogP) is 0.442. The summed E-state index contributed by atoms with van der Waals surface area (Å²) in [5.41, 5.74) is 5.41. The lowest BCUT2D eigenvalue weighted by molar-refractivity contribution is -0.151. The lowest BCUT2D eigenvalue weighted by atomic mass is 10.0. The summed E-state index contributed by atoms with van der Waals surface area (Å²) in [7, 11) is 0. The highest BCUT2D eigenvalue weighted by Gasteiger charge is 2.54. The van der Waals surface area contributed by atoms with Crippen molar-refractivity contribution in [3.63, 3.8) is 0 Å². The molecule has 1 fully saturated rings. The maximum Gasteiger partial charge on any atom is 0.352 e. The van der Waals surface area contributed by atoms with Crippen molar-refractivity contribution in [2.75, 3.05) is 11.5 Å². The third kappa shape index (κ3) is 4.88. The SMILES string of the molecule is CC1=C(C(=O)O)N2C(=O)[C@@H](NC(=O)/C(=N\O[C@H](C(=O)O)c3ccc(O)c(O)c3)c3csc(N)n3)[C@H]2SC1. The van der Waals surface area contributed by atoms with Gasteiger partial charge in [0.1, 0.15) is 22.8 Å². The largest absolute Gasteiger partial charge is 0.504 e. The quantitative estimate of drug-likeness (QED) is 0.114. The van der Waals surface area contributed by atoms with Crippen molar-refractivity contribution in [2.45, 2.75) is 24.4 Å². The number of phenolic OH excluding ortho intramolecular Hbond substituents is 2. The van der Waals surface area contributed by atoms with Crippen LogP contribution in [-0.4, -0.2) is 76.9 Å². The predicted molar refractivity (Wildman–Crippen MR) is 130 cm³/mol. The van der Waals surface area contributed by atoms with Crippen LogP contribution in [0.3, 0.4) is 0 Å². The number of oxime groups is 1. The fraction of sp³-hybridized carbons (Fsp3) is 0.238. The minimum atomic E-state index is -1.79. The molecule has 3 heterocycles. The second-order valence-corrected chi connectivity index (χ2v) is 9.87. The molecule has 0 radical (unpaired) electrons. The van der Waals surface area contributed by atoms with Crippen LogP contribution in [0.15, 0.2) is 40.0 Å². The van der Waals surface area contributed by atoms with Crippen LogP contribution in [0.4, 0.5) is 5.13 Å². The monoisotopic (exact) mass is 549 g/mol. The number of aromatic nitrogens is 1. The third-order valence-electron chi connectivity index (χ3n) is 5.40. The second kappa shape index (κ2) is 9.98. The van der Waals surface area contributed by atoms with Crippen LogP contribution >= 0.6 is 23.1 Å². The molecular formula is C21H19N5O9S2. The van der Waals surface area contributed by atoms with Crippen LogP contribution in [-0.2, 0) is 24.0 Å². The van der Waals surface area contributed by atoms with Gasteiger partial charge in [0.25, 0.3) is 11.8 Å². The molecule has 2 amide bonds. The van der Waals surface area contributed by atoms with Gasteiger partial charge in [0.05, 0.1) is 0 Å². The summed E-state index contributed by atoms with van der Waals surface area (Å²) in [6.07, 6.45) is -1.79. The number of aliphatic carboxylic acids is 2. The van der Waals surface area contributed by atoms with Crippen LogP contribution in [0.1, 0.15) is 24.3 Å². The second-order valence-electron chi connectivity index (χ2n) is 7.88. The van der Waals surface area contributed by atoms with Gasteiger partial charge in [0.15, 0.2) is 22.3 Å². The minimum Gasteiger partial charge on any atom is -0.504 e. The number of nitrogens with zero attached hydrogens (tertiary/aromatic N) is 3. The molecule has 14 nitrogen and oxygen atoms in total. The molecule has 0 bridgehead atoms. The van der Waals surface area contributed by atoms with Crippen LogP contribution < -0.4 is 11.1 Å². The van der Waals surface area contributed by atoms with Gasteiger partial charge in [-0.15, -0.1) is 23.1 Å². The van der Waals surface area contributed by atoms with E-state index in [2.05, 4.69) is 15.5 Å². The number of β-lactam (4-membered cyclic amide) rings is 1. The Bertz CT molecular complexity index is 1370. The lowest BCUT2D eigenvalue weighted by Gasteiger charge is -2.49. The number of phenols is 2. The molecule has 2 aliphatic rings. The molecule has 0 unspecified atom stereocenters. The van der Waals surface area contributed by atoms with Gasteiger partial charge >= 0.3 is 11.9 Å². The Hall–Kier alpha value is -4.31. The number of rotatable bonds is 8. The van der Waals surface area contributed by atoms with Gasteiger partial charge in [0, 0.05) is 16.7 Å². The normalized spacial score (nSPS) is 20.1. The number of anilines is 1. The summed E-state index contributed by atoms with van der Waals surface area (Å²) < 4.78 is 0. The Morgan fingerprint density at radius 3 is 2.59 bits per heavy atom. The van der Waals surface area contributed by atoms with Crippen LogP contribution in [0.25, 0.3) is 0 Å². The first kappa shape index (κ1) is 25.8. The third-order valence-corrected chi connectivity index (χ3v) is 7.50. The highest BCUT2D eigenvalue weighted by molar-refractivity contribution is 8.00. The Kier molecular flexibility index (Phi) is 6.95. The summed E-state index contributed by atoms with van der Waals surface area (Å²) in [5, 5.41) is 45.2. The van der Waals surface area contributed by atoms with Crippen molar-refractivity contribution < 1.29 is 44.4 Å². The number of hydrogen-bond donors (Lipinski definition) is 6. The van der Waals surface area contributed by atoms with E-state index < -0.39 is 58.5 Å². The average molecular weight is 550 g/mol. The average Bonchev–Trinajstić information content (AvgIpc) is 3.27. The first-order valence-corrected chi connectivity index (χ1v) is 12.3. The number of fused-ring (bicyclic) bond motifs is 1. The Balaban J connectivity index is 1.59. The van der Waals surface area contributed by atoms with Gasteiger partial charge < -0.3 is 36.3 Å². The zero-order valence-corrected chi connectivity index (χ0v) is 20.4. The van der Waals surface area contributed by atoms with E-state index in [0.717, 1.165) is 28.4 Å². The highest BCUT2D eigenvalue weighted by atomic mass is 32.2. The zero-order valence-electron chi connectivity index (χ0n) is 18.8. The molecule has 37 heavy (non-hydrogen) atoms. The van der Waals surface area contributed by atoms with Crippen molar-refractivity contribution in [3.05, 3.63) is 46.1 Å². The Morgan fingerprint density at radius 2 is 2.00 bits per heavy atom. The molecule has 0 saturated carbocycles. The molecule has 3 atom stereocenters. The van der Waals surface area contributed by atoms with E-state index in [0.29, 0.717) is 11.3 Å². The van der Waals surface area contributed by atoms with Crippen molar-refractivity contribution in [1.82, 2.24) is 15.2 Å². The zero-order chi connectivity index (χ0) is 27.0. The molecule has 7 N–H and O–H groups in total. The Morgan fingerprint density at radius 1 is 1.27 bits per heavy atom. The minimum absolute atomic E-state index is 0.0559. The van der Waals surface area contributed by atoms with Gasteiger partial charge in [-0.25, -0.2) is 14.6 Å². The number of carboxylic acid groups (broad SMARTS) is 2. The standard InChI is InChI=1S/C21H19N5O9S2/c1-7-5-36-18-13(17(30)26(18)14(7)19(31)32)24-16(29)12(9-6-37-21(22)23-9)25-35-15(20(33)34)8-2-3-10(27)11(28)4-8/h2-4,6,13,15,18,27-28H,5H2,1H3,(H2,22,23)(H,24,29)(H,31,32)(H,33,34)/b25-12-/t13-,15+,18-/m1/s1. The molecule has 2 aliphatic heterocycles. The highest BCUT2D eigenvalue weighted by Crippen LogP contribution is 2.40. The smallest absolute Gasteiger partial charge is 0.352 e. The van der Waals surface area contributed by atoms with E-state index in [-0.39, 0.29) is 22.1 Å². The maximum absolute atomic E-state index is 13.1. The number of carbonyl (C=O) groups excluding carboxylic acids is 2. The van der Waals surface area contributed by atoms with Gasteiger partial charge in [0.2, 0.25) is 6.10 Å². The van der Waals surface area contributed by atoms with Crippen molar-refractivity contribution in [2.24, 2.45) is 5.16 Å². The van der Waals surface area contributed by atoms with Gasteiger partial charge in [-0.2, -0.15) is 0 Å². The summed E-state index contributed by atoms with van der Waals surface area (Å²) in [5.74, 6) is -5.08. The van der Waals surface area contributed by atoms with E-state index in [9.17, 15) is 39.6 Å². The molecule has 1 saturated heterocycles. The molecule has 1 aromatic heterocycles. The summed E-state index contributed by atoms with van der Waals surface area (Å²) in [6.45, 7) is 1.60. The van der Waals surface area contributed by atoms with Crippen LogP contribution in [0.2, 0.25) is 0 Å². The fourth-order valence-electron chi connectivity index (χ4n) is 3.64. The lowest BCUT2D eigenvalue weighted by Crippen LogP contribution is -2.71. The number of aromatic hydroxyl groups is 2. The van der Waals surface area contributed by atoms with Crippen molar-refractivity contribution in [3.8, 4) is 11.5 Å². The molecule has 2 aromatic rings. The molecule has 16 heteroatoms. The summed E-state index contributed by atoms with van der Waals surface area (Å²) >= 11 is 2.25. The number of benzene rings is 1. The Labute approximate surface area is 216 Å². The van der Waals surface area contributed by atoms with Gasteiger partial charge in [-0.3, -0.25) is 14.5 Å². The summed E-state index contributed by atoms with van der Waals surface area (Å²) in [4.78, 5) is 59.5. The molecule has 4 rings (SSSR count). The number of carboxylic acids is 2. The number of amides is 2. The van der Waals surface area contributed by atoms with E-state index in [1.165, 1.54) is 23.2 Å². The number of carbonyl (C=O) groups is 4. The van der Waals surface area contributed by atoms with Crippen LogP contribution in [0.5, 0.6) is 11.5 Å². The van der Waals surface area contributed by atoms with E-state index in [1.807, 2.05) is 0 Å². The van der Waals surface area contributed by atoms with Crippen LogP contribution in [0, 0.1) is 0 Å². The molecule has 1 aromatic carbocycles. The molecule has 0 spiro atoms. The van der Waals surface area contributed by atoms with Crippen molar-refractivity contribution >= 4 is 57.7 Å².